The Labute approximate surface area is 596 Å². The number of hydrogen-bond acceptors (Lipinski definition) is 2. The molecule has 0 saturated heterocycles. The van der Waals surface area contributed by atoms with E-state index in [0.717, 1.165) is 45.3 Å². The largest absolute Gasteiger partial charge is 0.310 e. The molecule has 13 aromatic rings. The van der Waals surface area contributed by atoms with Crippen molar-refractivity contribution in [2.75, 3.05) is 9.80 Å². The van der Waals surface area contributed by atoms with Gasteiger partial charge < -0.3 is 9.80 Å². The quantitative estimate of drug-likeness (QED) is 0.120. The second-order valence-corrected chi connectivity index (χ2v) is 30.4. The van der Waals surface area contributed by atoms with Gasteiger partial charge in [0.1, 0.15) is 0 Å². The first-order valence-corrected chi connectivity index (χ1v) is 35.9. The van der Waals surface area contributed by atoms with E-state index < -0.39 is 16.2 Å². The van der Waals surface area contributed by atoms with E-state index in [2.05, 4.69) is 392 Å². The van der Waals surface area contributed by atoms with Crippen LogP contribution in [0.4, 0.5) is 34.1 Å². The van der Waals surface area contributed by atoms with Gasteiger partial charge in [-0.1, -0.05) is 322 Å². The lowest BCUT2D eigenvalue weighted by Gasteiger charge is -2.37. The molecule has 5 aliphatic rings. The van der Waals surface area contributed by atoms with Crippen LogP contribution in [0.5, 0.6) is 0 Å². The van der Waals surface area contributed by atoms with Crippen molar-refractivity contribution < 1.29 is 0 Å². The van der Waals surface area contributed by atoms with Gasteiger partial charge in [-0.3, -0.25) is 0 Å². The number of allylic oxidation sites excluding steroid dienone is 4. The molecule has 0 radical (unpaired) electrons. The highest BCUT2D eigenvalue weighted by Crippen LogP contribution is 2.67. The molecule has 0 aliphatic heterocycles. The van der Waals surface area contributed by atoms with Crippen LogP contribution >= 0.6 is 0 Å². The molecule has 486 valence electrons. The molecule has 0 amide bonds. The summed E-state index contributed by atoms with van der Waals surface area (Å²) in [5.41, 5.74) is 32.4. The molecule has 0 aromatic heterocycles. The van der Waals surface area contributed by atoms with E-state index >= 15 is 0 Å². The fourth-order valence-corrected chi connectivity index (χ4v) is 18.5. The summed E-state index contributed by atoms with van der Waals surface area (Å²) in [5, 5.41) is 0. The van der Waals surface area contributed by atoms with Crippen LogP contribution in [0.2, 0.25) is 0 Å². The SMILES string of the molecule is C=Cc1ccc(C2(c3ccc(C(C)(C)C)cc3)c3ccccc3-c3ccc(N(c4ccccc4)c4ccc5c(c4)C4(c6ccccc6-5)c5cc(N(c6ccccc6)c6ccc7c(c6)C(c6ccc(C=C)cc6)(c6ccc(C(C)(C)C)cc6)c6ccccc6-7)ccc5C5C=CC=CC54)cc32)cc1. The van der Waals surface area contributed by atoms with Crippen LogP contribution in [-0.2, 0) is 27.1 Å². The molecule has 0 saturated carbocycles. The van der Waals surface area contributed by atoms with Crippen molar-refractivity contribution in [1.29, 1.82) is 0 Å². The lowest BCUT2D eigenvalue weighted by molar-refractivity contribution is 0.465. The van der Waals surface area contributed by atoms with Gasteiger partial charge in [0.25, 0.3) is 0 Å². The number of anilines is 6. The maximum absolute atomic E-state index is 4.18. The lowest BCUT2D eigenvalue weighted by Crippen LogP contribution is -2.33. The molecule has 5 aliphatic carbocycles. The van der Waals surface area contributed by atoms with Gasteiger partial charge in [0.2, 0.25) is 0 Å². The summed E-state index contributed by atoms with van der Waals surface area (Å²) in [6, 6.07) is 116. The first kappa shape index (κ1) is 61.7. The molecule has 2 heteroatoms. The zero-order chi connectivity index (χ0) is 68.6. The zero-order valence-corrected chi connectivity index (χ0v) is 58.3. The molecule has 5 unspecified atom stereocenters. The number of fused-ring (bicyclic) bond motifs is 16. The Balaban J connectivity index is 0.839. The van der Waals surface area contributed by atoms with E-state index in [1.807, 2.05) is 12.2 Å². The molecule has 2 nitrogen and oxygen atoms in total. The van der Waals surface area contributed by atoms with Gasteiger partial charge in [-0.05, 0) is 206 Å². The van der Waals surface area contributed by atoms with Crippen molar-refractivity contribution in [2.45, 2.75) is 74.5 Å². The molecule has 0 bridgehead atoms. The monoisotopic (exact) mass is 1300 g/mol. The second kappa shape index (κ2) is 23.3. The minimum Gasteiger partial charge on any atom is -0.310 e. The average molecular weight is 1300 g/mol. The normalized spacial score (nSPS) is 19.1. The third-order valence-electron chi connectivity index (χ3n) is 23.2. The van der Waals surface area contributed by atoms with Crippen molar-refractivity contribution in [2.24, 2.45) is 5.92 Å². The third kappa shape index (κ3) is 9.17. The van der Waals surface area contributed by atoms with Gasteiger partial charge >= 0.3 is 0 Å². The molecule has 101 heavy (non-hydrogen) atoms. The molecule has 0 N–H and O–H groups in total. The Morgan fingerprint density at radius 2 is 0.634 bits per heavy atom. The van der Waals surface area contributed by atoms with E-state index in [1.54, 1.807) is 0 Å². The average Bonchev–Trinajstić information content (AvgIpc) is 1.51. The van der Waals surface area contributed by atoms with Crippen LogP contribution in [0.15, 0.2) is 341 Å². The summed E-state index contributed by atoms with van der Waals surface area (Å²) >= 11 is 0. The molecule has 13 aromatic carbocycles. The molecular weight excluding hydrogens is 1220 g/mol. The van der Waals surface area contributed by atoms with Gasteiger partial charge in [0.05, 0.1) is 16.2 Å². The Kier molecular flexibility index (Phi) is 14.2. The number of nitrogens with zero attached hydrogens (tertiary/aromatic N) is 2. The van der Waals surface area contributed by atoms with Gasteiger partial charge in [0, 0.05) is 46.0 Å². The maximum atomic E-state index is 4.18. The molecule has 18 rings (SSSR count). The maximum Gasteiger partial charge on any atom is 0.0714 e. The molecule has 0 heterocycles. The van der Waals surface area contributed by atoms with Crippen molar-refractivity contribution in [3.63, 3.8) is 0 Å². The molecular formula is C99H80N2. The Morgan fingerprint density at radius 3 is 1.06 bits per heavy atom. The zero-order valence-electron chi connectivity index (χ0n) is 58.3. The summed E-state index contributed by atoms with van der Waals surface area (Å²) in [7, 11) is 0. The topological polar surface area (TPSA) is 6.48 Å². The Bertz CT molecular complexity index is 5520. The Hall–Kier alpha value is -11.6. The van der Waals surface area contributed by atoms with E-state index in [-0.39, 0.29) is 22.7 Å². The van der Waals surface area contributed by atoms with E-state index in [0.29, 0.717) is 0 Å². The van der Waals surface area contributed by atoms with Gasteiger partial charge in [-0.25, -0.2) is 0 Å². The van der Waals surface area contributed by atoms with Crippen molar-refractivity contribution in [1.82, 2.24) is 0 Å². The van der Waals surface area contributed by atoms with Crippen LogP contribution in [0.1, 0.15) is 136 Å². The number of para-hydroxylation sites is 2. The summed E-state index contributed by atoms with van der Waals surface area (Å²) in [6.07, 6.45) is 13.5. The van der Waals surface area contributed by atoms with Gasteiger partial charge in [-0.2, -0.15) is 0 Å². The molecule has 5 atom stereocenters. The minimum absolute atomic E-state index is 0.00964. The number of hydrogen-bond donors (Lipinski definition) is 0. The van der Waals surface area contributed by atoms with Crippen molar-refractivity contribution in [3.8, 4) is 33.4 Å². The summed E-state index contributed by atoms with van der Waals surface area (Å²) in [5.74, 6) is 0.209. The first-order valence-electron chi connectivity index (χ1n) is 35.9. The lowest BCUT2D eigenvalue weighted by atomic mass is 9.65. The fraction of sp³-hybridized carbons (Fsp3) is 0.131. The minimum atomic E-state index is -0.636. The van der Waals surface area contributed by atoms with E-state index in [1.165, 1.54) is 111 Å². The highest BCUT2D eigenvalue weighted by atomic mass is 15.1. The van der Waals surface area contributed by atoms with Gasteiger partial charge in [-0.15, -0.1) is 0 Å². The standard InChI is InChI=1S/C99H80N2/c1-9-65-37-41-69(42-38-65)97(71-49-45-67(46-50-71)95(3,4)5)87-33-21-17-29-79(87)83-57-53-75(61-91(83)97)100(73-25-13-11-14-26-73)77-55-59-85-81-31-19-23-35-89(81)99(93(85)63-77)90-36-24-20-32-82(90)86-60-56-78(64-94(86)99)101(74-27-15-12-16-28-74)76-54-58-84-80-30-18-22-34-88(80)98(92(84)62-76,70-43-39-66(10-2)40-44-70)72-51-47-68(48-52-72)96(6,7)8/h9-64,81,89H,1-2H2,3-8H3. The summed E-state index contributed by atoms with van der Waals surface area (Å²) in [4.78, 5) is 5.04. The predicted molar refractivity (Wildman–Crippen MR) is 424 cm³/mol. The highest BCUT2D eigenvalue weighted by molar-refractivity contribution is 5.94. The van der Waals surface area contributed by atoms with Crippen LogP contribution < -0.4 is 9.80 Å². The predicted octanol–water partition coefficient (Wildman–Crippen LogP) is 25.4. The number of rotatable bonds is 12. The summed E-state index contributed by atoms with van der Waals surface area (Å²) < 4.78 is 0. The Morgan fingerprint density at radius 1 is 0.297 bits per heavy atom. The van der Waals surface area contributed by atoms with E-state index in [4.69, 9.17) is 0 Å². The van der Waals surface area contributed by atoms with E-state index in [9.17, 15) is 0 Å². The van der Waals surface area contributed by atoms with Crippen LogP contribution in [0.3, 0.4) is 0 Å². The summed E-state index contributed by atoms with van der Waals surface area (Å²) in [6.45, 7) is 22.2. The van der Waals surface area contributed by atoms with Crippen LogP contribution in [0, 0.1) is 5.92 Å². The van der Waals surface area contributed by atoms with Crippen molar-refractivity contribution >= 4 is 46.3 Å². The van der Waals surface area contributed by atoms with Crippen LogP contribution in [0.25, 0.3) is 45.5 Å². The smallest absolute Gasteiger partial charge is 0.0714 e. The highest BCUT2D eigenvalue weighted by Gasteiger charge is 2.58. The van der Waals surface area contributed by atoms with Crippen molar-refractivity contribution in [3.05, 3.63) is 430 Å². The third-order valence-corrected chi connectivity index (χ3v) is 23.2. The van der Waals surface area contributed by atoms with Crippen LogP contribution in [-0.4, -0.2) is 0 Å². The molecule has 1 spiro atoms. The van der Waals surface area contributed by atoms with Gasteiger partial charge in [0.15, 0.2) is 0 Å². The first-order chi connectivity index (χ1) is 49.2. The number of benzene rings is 13. The second-order valence-electron chi connectivity index (χ2n) is 30.4. The molecule has 0 fully saturated rings. The fourth-order valence-electron chi connectivity index (χ4n) is 18.5.